The lowest BCUT2D eigenvalue weighted by atomic mass is 10.1. The van der Waals surface area contributed by atoms with Crippen LogP contribution in [0, 0.1) is 26.6 Å². The molecule has 0 saturated carbocycles. The number of aryl methyl sites for hydroxylation is 1. The van der Waals surface area contributed by atoms with Crippen LogP contribution in [0.4, 0.5) is 28.9 Å². The highest BCUT2D eigenvalue weighted by molar-refractivity contribution is 6.46. The van der Waals surface area contributed by atoms with Crippen molar-refractivity contribution in [1.82, 2.24) is 9.55 Å². The molecule has 2 N–H and O–H groups in total. The Morgan fingerprint density at radius 1 is 0.971 bits per heavy atom. The number of rotatable bonds is 5. The van der Waals surface area contributed by atoms with Crippen molar-refractivity contribution in [2.45, 2.75) is 26.9 Å². The Morgan fingerprint density at radius 3 is 2.18 bits per heavy atom. The SMILES string of the molecule is Cc1cc(NC(=O)c2c(C)c(C(=O)C(=O)Nc3ccc(C(F)(F)F)nc3)n(C)c2C)ccc1F. The molecular weight excluding hydrogens is 456 g/mol. The summed E-state index contributed by atoms with van der Waals surface area (Å²) in [7, 11) is 1.50. The Labute approximate surface area is 191 Å². The first-order valence-electron chi connectivity index (χ1n) is 9.93. The molecule has 1 aromatic carbocycles. The first-order valence-corrected chi connectivity index (χ1v) is 9.93. The number of Topliss-reactive ketones (excluding diaryl/α,β-unsaturated/α-hetero) is 1. The number of alkyl halides is 3. The van der Waals surface area contributed by atoms with E-state index in [1.165, 1.54) is 36.7 Å². The molecule has 2 amide bonds. The van der Waals surface area contributed by atoms with E-state index in [2.05, 4.69) is 15.6 Å². The van der Waals surface area contributed by atoms with Crippen LogP contribution in [-0.4, -0.2) is 27.1 Å². The monoisotopic (exact) mass is 476 g/mol. The van der Waals surface area contributed by atoms with Gasteiger partial charge in [-0.3, -0.25) is 14.4 Å². The van der Waals surface area contributed by atoms with Crippen LogP contribution in [0.3, 0.4) is 0 Å². The van der Waals surface area contributed by atoms with Crippen molar-refractivity contribution in [3.8, 4) is 0 Å². The van der Waals surface area contributed by atoms with Gasteiger partial charge in [-0.1, -0.05) is 0 Å². The molecule has 0 unspecified atom stereocenters. The average molecular weight is 476 g/mol. The summed E-state index contributed by atoms with van der Waals surface area (Å²) in [5, 5.41) is 4.86. The maximum Gasteiger partial charge on any atom is 0.433 e. The molecule has 178 valence electrons. The van der Waals surface area contributed by atoms with Gasteiger partial charge in [0.25, 0.3) is 17.6 Å². The van der Waals surface area contributed by atoms with Gasteiger partial charge in [0.1, 0.15) is 11.5 Å². The first-order chi connectivity index (χ1) is 15.8. The summed E-state index contributed by atoms with van der Waals surface area (Å²) in [6.45, 7) is 4.63. The third-order valence-electron chi connectivity index (χ3n) is 5.31. The lowest BCUT2D eigenvalue weighted by Crippen LogP contribution is -2.25. The van der Waals surface area contributed by atoms with Crippen LogP contribution < -0.4 is 10.6 Å². The normalized spacial score (nSPS) is 11.3. The van der Waals surface area contributed by atoms with Gasteiger partial charge in [-0.2, -0.15) is 13.2 Å². The summed E-state index contributed by atoms with van der Waals surface area (Å²) < 4.78 is 52.8. The van der Waals surface area contributed by atoms with Crippen molar-refractivity contribution >= 4 is 29.0 Å². The van der Waals surface area contributed by atoms with Crippen LogP contribution in [0.15, 0.2) is 36.5 Å². The van der Waals surface area contributed by atoms with Gasteiger partial charge < -0.3 is 15.2 Å². The lowest BCUT2D eigenvalue weighted by molar-refractivity contribution is -0.141. The number of amides is 2. The Hall–Kier alpha value is -4.02. The van der Waals surface area contributed by atoms with E-state index >= 15 is 0 Å². The van der Waals surface area contributed by atoms with E-state index in [-0.39, 0.29) is 22.5 Å². The van der Waals surface area contributed by atoms with Crippen LogP contribution in [0.5, 0.6) is 0 Å². The Morgan fingerprint density at radius 2 is 1.62 bits per heavy atom. The summed E-state index contributed by atoms with van der Waals surface area (Å²) in [5.41, 5.74) is 0.198. The van der Waals surface area contributed by atoms with Gasteiger partial charge in [0.05, 0.1) is 23.1 Å². The molecule has 0 aliphatic heterocycles. The van der Waals surface area contributed by atoms with E-state index in [0.717, 1.165) is 12.3 Å². The highest BCUT2D eigenvalue weighted by Gasteiger charge is 2.32. The van der Waals surface area contributed by atoms with Crippen LogP contribution in [-0.2, 0) is 18.0 Å². The molecule has 3 rings (SSSR count). The number of pyridine rings is 1. The largest absolute Gasteiger partial charge is 0.433 e. The number of nitrogens with one attached hydrogen (secondary N) is 2. The lowest BCUT2D eigenvalue weighted by Gasteiger charge is -2.08. The summed E-state index contributed by atoms with van der Waals surface area (Å²) >= 11 is 0. The molecule has 0 spiro atoms. The van der Waals surface area contributed by atoms with Gasteiger partial charge in [0.2, 0.25) is 0 Å². The predicted octanol–water partition coefficient (Wildman–Crippen LogP) is 4.58. The maximum absolute atomic E-state index is 13.5. The molecule has 7 nitrogen and oxygen atoms in total. The molecule has 0 fully saturated rings. The van der Waals surface area contributed by atoms with E-state index < -0.39 is 35.3 Å². The number of carbonyl (C=O) groups excluding carboxylic acids is 3. The smallest absolute Gasteiger partial charge is 0.344 e. The molecule has 2 aromatic heterocycles. The fraction of sp³-hybridized carbons (Fsp3) is 0.217. The number of benzene rings is 1. The molecule has 3 aromatic rings. The number of aromatic nitrogens is 2. The standard InChI is InChI=1S/C23H20F4N4O3/c1-11-9-14(5-7-16(11)24)29-21(33)18-12(2)19(31(4)13(18)3)20(32)22(34)30-15-6-8-17(28-10-15)23(25,26)27/h5-10H,1-4H3,(H,29,33)(H,30,34). The molecule has 2 heterocycles. The van der Waals surface area contributed by atoms with Crippen LogP contribution in [0.25, 0.3) is 0 Å². The number of anilines is 2. The van der Waals surface area contributed by atoms with Crippen molar-refractivity contribution < 1.29 is 31.9 Å². The minimum absolute atomic E-state index is 0.0599. The Kier molecular flexibility index (Phi) is 6.58. The van der Waals surface area contributed by atoms with E-state index in [4.69, 9.17) is 0 Å². The second-order valence-electron chi connectivity index (χ2n) is 7.62. The van der Waals surface area contributed by atoms with Gasteiger partial charge in [0.15, 0.2) is 0 Å². The van der Waals surface area contributed by atoms with Crippen molar-refractivity contribution in [3.05, 3.63) is 76.1 Å². The van der Waals surface area contributed by atoms with Gasteiger partial charge in [0, 0.05) is 18.4 Å². The van der Waals surface area contributed by atoms with Gasteiger partial charge in [-0.05, 0) is 62.2 Å². The zero-order valence-electron chi connectivity index (χ0n) is 18.6. The van der Waals surface area contributed by atoms with E-state index in [9.17, 15) is 31.9 Å². The molecular formula is C23H20F4N4O3. The minimum Gasteiger partial charge on any atom is -0.344 e. The quantitative estimate of drug-likeness (QED) is 0.320. The number of hydrogen-bond donors (Lipinski definition) is 2. The minimum atomic E-state index is -4.64. The molecule has 0 bridgehead atoms. The van der Waals surface area contributed by atoms with E-state index in [1.54, 1.807) is 13.8 Å². The third kappa shape index (κ3) is 4.82. The Bertz CT molecular complexity index is 1300. The van der Waals surface area contributed by atoms with Crippen LogP contribution >= 0.6 is 0 Å². The molecule has 0 atom stereocenters. The van der Waals surface area contributed by atoms with Crippen molar-refractivity contribution in [2.75, 3.05) is 10.6 Å². The molecule has 0 aliphatic carbocycles. The molecule has 0 saturated heterocycles. The van der Waals surface area contributed by atoms with Crippen molar-refractivity contribution in [2.24, 2.45) is 7.05 Å². The van der Waals surface area contributed by atoms with Crippen LogP contribution in [0.1, 0.15) is 43.4 Å². The Balaban J connectivity index is 1.83. The fourth-order valence-electron chi connectivity index (χ4n) is 3.48. The molecule has 0 aliphatic rings. The van der Waals surface area contributed by atoms with E-state index in [1.807, 2.05) is 0 Å². The topological polar surface area (TPSA) is 93.1 Å². The number of halogens is 4. The fourth-order valence-corrected chi connectivity index (χ4v) is 3.48. The van der Waals surface area contributed by atoms with E-state index in [0.29, 0.717) is 23.0 Å². The predicted molar refractivity (Wildman–Crippen MR) is 116 cm³/mol. The second-order valence-corrected chi connectivity index (χ2v) is 7.62. The highest BCUT2D eigenvalue weighted by atomic mass is 19.4. The summed E-state index contributed by atoms with van der Waals surface area (Å²) in [6, 6.07) is 5.72. The number of ketones is 1. The van der Waals surface area contributed by atoms with Crippen molar-refractivity contribution in [3.63, 3.8) is 0 Å². The molecule has 11 heteroatoms. The average Bonchev–Trinajstić information content (AvgIpc) is 2.98. The molecule has 34 heavy (non-hydrogen) atoms. The summed E-state index contributed by atoms with van der Waals surface area (Å²) in [4.78, 5) is 41.4. The maximum atomic E-state index is 13.5. The van der Waals surface area contributed by atoms with Gasteiger partial charge in [-0.25, -0.2) is 9.37 Å². The van der Waals surface area contributed by atoms with Gasteiger partial charge in [-0.15, -0.1) is 0 Å². The number of carbonyl (C=O) groups is 3. The highest BCUT2D eigenvalue weighted by Crippen LogP contribution is 2.28. The zero-order valence-corrected chi connectivity index (χ0v) is 18.6. The second kappa shape index (κ2) is 9.08. The van der Waals surface area contributed by atoms with Crippen molar-refractivity contribution in [1.29, 1.82) is 0 Å². The van der Waals surface area contributed by atoms with Crippen LogP contribution in [0.2, 0.25) is 0 Å². The number of nitrogens with zero attached hydrogens (tertiary/aromatic N) is 2. The number of hydrogen-bond acceptors (Lipinski definition) is 4. The zero-order chi connectivity index (χ0) is 25.4. The first kappa shape index (κ1) is 24.6. The summed E-state index contributed by atoms with van der Waals surface area (Å²) in [6.07, 6.45) is -3.85. The molecule has 0 radical (unpaired) electrons. The summed E-state index contributed by atoms with van der Waals surface area (Å²) in [5.74, 6) is -3.07. The third-order valence-corrected chi connectivity index (χ3v) is 5.31. The van der Waals surface area contributed by atoms with Gasteiger partial charge >= 0.3 is 6.18 Å².